The summed E-state index contributed by atoms with van der Waals surface area (Å²) in [6, 6.07) is 0. The summed E-state index contributed by atoms with van der Waals surface area (Å²) in [5, 5.41) is 0. The second-order valence-electron chi connectivity index (χ2n) is 1.89. The van der Waals surface area contributed by atoms with Gasteiger partial charge in [0.2, 0.25) is 0 Å². The molecule has 0 unspecified atom stereocenters. The molecule has 0 amide bonds. The molecular weight excluding hydrogens is 253 g/mol. The van der Waals surface area contributed by atoms with Crippen LogP contribution in [0.5, 0.6) is 0 Å². The van der Waals surface area contributed by atoms with Gasteiger partial charge in [-0.15, -0.1) is 6.42 Å². The molecule has 0 aromatic rings. The molecule has 0 radical (unpaired) electrons. The van der Waals surface area contributed by atoms with Gasteiger partial charge in [-0.05, 0) is 0 Å². The minimum absolute atomic E-state index is 0. The molecule has 0 aromatic carbocycles. The summed E-state index contributed by atoms with van der Waals surface area (Å²) in [5.74, 6) is 0. The Labute approximate surface area is 86.0 Å². The molecule has 0 saturated heterocycles. The molecule has 1 aliphatic carbocycles. The third kappa shape index (κ3) is 9.18. The number of carbonyl (C=O) groups excluding carboxylic acids is 2. The molecule has 0 N–H and O–H groups in total. The van der Waals surface area contributed by atoms with Crippen LogP contribution in [0.4, 0.5) is 0 Å². The Morgan fingerprint density at radius 3 is 2.31 bits per heavy atom. The summed E-state index contributed by atoms with van der Waals surface area (Å²) in [5.41, 5.74) is 1.36. The Kier molecular flexibility index (Phi) is 12.8. The van der Waals surface area contributed by atoms with Gasteiger partial charge in [0.25, 0.3) is 0 Å². The number of allylic oxidation sites excluding steroid dienone is 4. The molecule has 0 saturated carbocycles. The molecule has 1 aliphatic rings. The van der Waals surface area contributed by atoms with Gasteiger partial charge < -0.3 is 7.43 Å². The van der Waals surface area contributed by atoms with Crippen LogP contribution in [0.2, 0.25) is 0 Å². The first-order chi connectivity index (χ1) is 5.85. The number of hydrogen-bond acceptors (Lipinski definition) is 2. The van der Waals surface area contributed by atoms with Crippen molar-refractivity contribution in [2.45, 2.75) is 19.8 Å². The zero-order valence-corrected chi connectivity index (χ0v) is 9.48. The first-order valence-corrected chi connectivity index (χ1v) is 5.19. The van der Waals surface area contributed by atoms with Crippen molar-refractivity contribution in [3.63, 3.8) is 0 Å². The number of rotatable bonds is 1. The summed E-state index contributed by atoms with van der Waals surface area (Å²) in [6.45, 7) is 2.15. The largest absolute Gasteiger partial charge is 0.358 e. The SMILES string of the molecule is CCC1=[C-]CC=C1.O=[C]=[Ru]=[C]=O.[CH3-]. The fourth-order valence-corrected chi connectivity index (χ4v) is 0.780. The Hall–Kier alpha value is -0.737. The monoisotopic (exact) mass is 266 g/mol. The van der Waals surface area contributed by atoms with Crippen LogP contribution in [-0.4, -0.2) is 8.95 Å². The summed E-state index contributed by atoms with van der Waals surface area (Å²) in [7, 11) is 0. The Morgan fingerprint density at radius 1 is 1.54 bits per heavy atom. The van der Waals surface area contributed by atoms with Gasteiger partial charge >= 0.3 is 34.8 Å². The van der Waals surface area contributed by atoms with Crippen molar-refractivity contribution in [1.82, 2.24) is 0 Å². The van der Waals surface area contributed by atoms with Crippen LogP contribution >= 0.6 is 0 Å². The normalized spacial score (nSPS) is 11.3. The Balaban J connectivity index is 0. The Bertz CT molecular complexity index is 274. The van der Waals surface area contributed by atoms with Crippen LogP contribution in [0.25, 0.3) is 0 Å². The fourth-order valence-electron chi connectivity index (χ4n) is 0.708. The van der Waals surface area contributed by atoms with E-state index in [2.05, 4.69) is 25.2 Å². The van der Waals surface area contributed by atoms with E-state index in [1.54, 1.807) is 0 Å². The van der Waals surface area contributed by atoms with E-state index in [4.69, 9.17) is 9.59 Å². The molecule has 0 aromatic heterocycles. The van der Waals surface area contributed by atoms with Crippen LogP contribution in [0.3, 0.4) is 0 Å². The van der Waals surface area contributed by atoms with Crippen LogP contribution in [0, 0.1) is 13.5 Å². The third-order valence-electron chi connectivity index (χ3n) is 1.22. The maximum atomic E-state index is 9.06. The number of hydrogen-bond donors (Lipinski definition) is 0. The minimum atomic E-state index is -0.842. The molecule has 74 valence electrons. The van der Waals surface area contributed by atoms with Gasteiger partial charge in [-0.3, -0.25) is 6.08 Å². The van der Waals surface area contributed by atoms with Crippen molar-refractivity contribution < 1.29 is 25.8 Å². The topological polar surface area (TPSA) is 34.1 Å². The predicted octanol–water partition coefficient (Wildman–Crippen LogP) is 1.74. The molecule has 13 heavy (non-hydrogen) atoms. The second-order valence-corrected chi connectivity index (χ2v) is 3.04. The molecule has 0 heterocycles. The maximum Gasteiger partial charge on any atom is -0.358 e. The molecule has 0 spiro atoms. The third-order valence-corrected chi connectivity index (χ3v) is 1.57. The quantitative estimate of drug-likeness (QED) is 0.534. The smallest absolute Gasteiger partial charge is 0.358 e. The molecule has 1 rings (SSSR count). The van der Waals surface area contributed by atoms with Gasteiger partial charge in [0, 0.05) is 0 Å². The second kappa shape index (κ2) is 11.3. The van der Waals surface area contributed by atoms with E-state index in [-0.39, 0.29) is 7.43 Å². The van der Waals surface area contributed by atoms with Crippen LogP contribution < -0.4 is 0 Å². The van der Waals surface area contributed by atoms with Gasteiger partial charge in [0.1, 0.15) is 0 Å². The van der Waals surface area contributed by atoms with Crippen LogP contribution in [-0.2, 0) is 25.8 Å². The van der Waals surface area contributed by atoms with E-state index in [0.29, 0.717) is 0 Å². The van der Waals surface area contributed by atoms with E-state index in [1.165, 1.54) is 14.5 Å². The van der Waals surface area contributed by atoms with Crippen molar-refractivity contribution in [1.29, 1.82) is 0 Å². The van der Waals surface area contributed by atoms with Gasteiger partial charge in [-0.25, -0.2) is 11.6 Å². The summed E-state index contributed by atoms with van der Waals surface area (Å²) in [6.07, 6.45) is 9.65. The molecular formula is C10H12O2Ru-2. The van der Waals surface area contributed by atoms with Gasteiger partial charge in [0.15, 0.2) is 0 Å². The van der Waals surface area contributed by atoms with Crippen molar-refractivity contribution in [3.05, 3.63) is 31.2 Å². The maximum absolute atomic E-state index is 9.06. The first kappa shape index (κ1) is 14.8. The summed E-state index contributed by atoms with van der Waals surface area (Å²) >= 11 is -0.842. The molecule has 0 bridgehead atoms. The van der Waals surface area contributed by atoms with E-state index < -0.39 is 16.2 Å². The van der Waals surface area contributed by atoms with Crippen molar-refractivity contribution in [2.75, 3.05) is 0 Å². The van der Waals surface area contributed by atoms with E-state index in [0.717, 1.165) is 12.8 Å². The van der Waals surface area contributed by atoms with Gasteiger partial charge in [-0.1, -0.05) is 13.3 Å². The van der Waals surface area contributed by atoms with Crippen LogP contribution in [0.15, 0.2) is 17.7 Å². The molecule has 3 heteroatoms. The molecule has 0 aliphatic heterocycles. The zero-order chi connectivity index (χ0) is 9.23. The van der Waals surface area contributed by atoms with Crippen LogP contribution in [0.1, 0.15) is 19.8 Å². The Morgan fingerprint density at radius 2 is 2.15 bits per heavy atom. The predicted molar refractivity (Wildman–Crippen MR) is 48.6 cm³/mol. The van der Waals surface area contributed by atoms with E-state index >= 15 is 0 Å². The van der Waals surface area contributed by atoms with Gasteiger partial charge in [-0.2, -0.15) is 6.08 Å². The van der Waals surface area contributed by atoms with Crippen molar-refractivity contribution >= 4 is 8.95 Å². The van der Waals surface area contributed by atoms with E-state index in [1.807, 2.05) is 0 Å². The molecule has 0 fully saturated rings. The average molecular weight is 265 g/mol. The minimum Gasteiger partial charge on any atom is -0.358 e. The molecule has 2 nitrogen and oxygen atoms in total. The zero-order valence-electron chi connectivity index (χ0n) is 7.74. The fraction of sp³-hybridized carbons (Fsp3) is 0.300. The summed E-state index contributed by atoms with van der Waals surface area (Å²) in [4.78, 5) is 18.1. The molecule has 0 atom stereocenters. The van der Waals surface area contributed by atoms with E-state index in [9.17, 15) is 0 Å². The summed E-state index contributed by atoms with van der Waals surface area (Å²) < 4.78 is 2.87. The standard InChI is InChI=1S/C7H9.2CO.CH3.Ru/c1-2-7-5-3-4-6-7;2*1-2;;/h3,5H,2,4H2,1H3;;;1H3;/q-1;;;-1;. The van der Waals surface area contributed by atoms with Crippen molar-refractivity contribution in [3.8, 4) is 0 Å². The van der Waals surface area contributed by atoms with Crippen molar-refractivity contribution in [2.24, 2.45) is 0 Å². The van der Waals surface area contributed by atoms with Gasteiger partial charge in [0.05, 0.1) is 0 Å². The average Bonchev–Trinajstić information content (AvgIpc) is 2.58. The first-order valence-electron chi connectivity index (χ1n) is 3.46.